The first-order valence-electron chi connectivity index (χ1n) is 12.0. The van der Waals surface area contributed by atoms with E-state index in [-0.39, 0.29) is 18.6 Å². The third kappa shape index (κ3) is 9.86. The summed E-state index contributed by atoms with van der Waals surface area (Å²) in [6, 6.07) is 5.59. The van der Waals surface area contributed by atoms with Crippen LogP contribution in [0.2, 0.25) is 0 Å². The van der Waals surface area contributed by atoms with E-state index in [0.717, 1.165) is 24.2 Å². The summed E-state index contributed by atoms with van der Waals surface area (Å²) >= 11 is 0. The molecule has 1 aromatic heterocycles. The van der Waals surface area contributed by atoms with Gasteiger partial charge in [0.25, 0.3) is 0 Å². The molecule has 0 saturated carbocycles. The Bertz CT molecular complexity index is 899. The number of carbonyl (C=O) groups excluding carboxylic acids is 3. The number of hydrogen-bond donors (Lipinski definition) is 3. The van der Waals surface area contributed by atoms with Gasteiger partial charge in [-0.25, -0.2) is 9.59 Å². The highest BCUT2D eigenvalue weighted by atomic mass is 16.5. The number of aliphatic hydroxyl groups excluding tert-OH is 1. The first-order chi connectivity index (χ1) is 16.9. The number of nitrogens with one attached hydrogen (secondary N) is 2. The zero-order chi connectivity index (χ0) is 26.8. The number of nitrogens with zero attached hydrogens (tertiary/aromatic N) is 1. The van der Waals surface area contributed by atoms with Crippen LogP contribution in [0.4, 0.5) is 10.5 Å². The molecule has 2 aliphatic carbocycles. The number of aromatic nitrogens is 1. The monoisotopic (exact) mass is 487 g/mol. The minimum absolute atomic E-state index is 0.0978. The lowest BCUT2D eigenvalue weighted by Crippen LogP contribution is -2.25. The molecule has 4 rings (SSSR count). The lowest BCUT2D eigenvalue weighted by Gasteiger charge is -2.15. The Morgan fingerprint density at radius 3 is 2.00 bits per heavy atom. The quantitative estimate of drug-likeness (QED) is 0.540. The summed E-state index contributed by atoms with van der Waals surface area (Å²) in [5, 5.41) is 13.3. The van der Waals surface area contributed by atoms with Crippen LogP contribution < -0.4 is 10.6 Å². The maximum absolute atomic E-state index is 11.6. The van der Waals surface area contributed by atoms with E-state index in [1.165, 1.54) is 55.0 Å². The molecule has 0 fully saturated rings. The van der Waals surface area contributed by atoms with Gasteiger partial charge < -0.3 is 25.3 Å². The molecule has 2 aromatic rings. The first kappa shape index (κ1) is 31.7. The average molecular weight is 488 g/mol. The minimum atomic E-state index is -0.324. The van der Waals surface area contributed by atoms with Crippen molar-refractivity contribution >= 4 is 24.5 Å². The minimum Gasteiger partial charge on any atom is -0.465 e. The van der Waals surface area contributed by atoms with E-state index in [1.54, 1.807) is 32.3 Å². The van der Waals surface area contributed by atoms with Crippen LogP contribution in [0.1, 0.15) is 71.9 Å². The molecule has 0 atom stereocenters. The SMILES string of the molecule is C=O.CC.CCO.CNC(=O)Nc1c2c(cc3c1CCC3)CCC2.COC(=O)c1ccnc(C)c1. The van der Waals surface area contributed by atoms with E-state index >= 15 is 0 Å². The lowest BCUT2D eigenvalue weighted by atomic mass is 9.99. The number of methoxy groups -OCH3 is 1. The Labute approximate surface area is 209 Å². The van der Waals surface area contributed by atoms with Gasteiger partial charge in [0.15, 0.2) is 0 Å². The average Bonchev–Trinajstić information content (AvgIpc) is 3.56. The van der Waals surface area contributed by atoms with Gasteiger partial charge in [-0.3, -0.25) is 4.98 Å². The van der Waals surface area contributed by atoms with Crippen molar-refractivity contribution in [2.24, 2.45) is 0 Å². The Morgan fingerprint density at radius 2 is 1.57 bits per heavy atom. The first-order valence-corrected chi connectivity index (χ1v) is 12.0. The zero-order valence-corrected chi connectivity index (χ0v) is 22.0. The van der Waals surface area contributed by atoms with Gasteiger partial charge in [-0.2, -0.15) is 0 Å². The number of urea groups is 1. The Hall–Kier alpha value is -3.26. The number of rotatable bonds is 2. The molecule has 8 heteroatoms. The molecule has 35 heavy (non-hydrogen) atoms. The fourth-order valence-corrected chi connectivity index (χ4v) is 3.93. The Morgan fingerprint density at radius 1 is 1.06 bits per heavy atom. The fraction of sp³-hybridized carbons (Fsp3) is 0.481. The summed E-state index contributed by atoms with van der Waals surface area (Å²) in [6.45, 7) is 9.76. The summed E-state index contributed by atoms with van der Waals surface area (Å²) < 4.78 is 4.52. The standard InChI is InChI=1S/C14H18N2O.C8H9NO2.C2H6O.C2H6.CH2O/c1-15-14(17)16-13-11-6-2-4-9(11)8-10-5-3-7-12(10)13;1-6-5-7(3-4-9-6)8(10)11-2;1-2-3;2*1-2/h8H,2-7H2,1H3,(H2,15,16,17);3-5H,1-2H3;3H,2H2,1H3;1-2H3;1H2. The van der Waals surface area contributed by atoms with E-state index in [2.05, 4.69) is 26.4 Å². The number of pyridine rings is 1. The van der Waals surface area contributed by atoms with Gasteiger partial charge in [0.2, 0.25) is 0 Å². The summed E-state index contributed by atoms with van der Waals surface area (Å²) in [6.07, 6.45) is 8.60. The molecular weight excluding hydrogens is 446 g/mol. The van der Waals surface area contributed by atoms with Crippen molar-refractivity contribution in [3.8, 4) is 0 Å². The number of benzene rings is 1. The third-order valence-electron chi connectivity index (χ3n) is 5.26. The number of hydrogen-bond acceptors (Lipinski definition) is 6. The molecule has 194 valence electrons. The highest BCUT2D eigenvalue weighted by Crippen LogP contribution is 2.38. The number of aryl methyl sites for hydroxylation is 3. The van der Waals surface area contributed by atoms with Crippen LogP contribution in [0.5, 0.6) is 0 Å². The van der Waals surface area contributed by atoms with Crippen molar-refractivity contribution in [3.63, 3.8) is 0 Å². The second-order valence-electron chi connectivity index (χ2n) is 7.43. The number of anilines is 1. The van der Waals surface area contributed by atoms with Crippen LogP contribution in [-0.4, -0.2) is 49.6 Å². The highest BCUT2D eigenvalue weighted by Gasteiger charge is 2.24. The van der Waals surface area contributed by atoms with Gasteiger partial charge >= 0.3 is 12.0 Å². The Kier molecular flexibility index (Phi) is 16.4. The van der Waals surface area contributed by atoms with Crippen LogP contribution in [0, 0.1) is 6.92 Å². The van der Waals surface area contributed by atoms with E-state index < -0.39 is 0 Å². The molecule has 2 aliphatic rings. The number of aliphatic hydroxyl groups is 1. The van der Waals surface area contributed by atoms with E-state index in [9.17, 15) is 9.59 Å². The topological polar surface area (TPSA) is 118 Å². The Balaban J connectivity index is 0.000000557. The molecule has 0 bridgehead atoms. The second kappa shape index (κ2) is 18.1. The van der Waals surface area contributed by atoms with Crippen LogP contribution in [0.25, 0.3) is 0 Å². The van der Waals surface area contributed by atoms with Crippen molar-refractivity contribution in [1.29, 1.82) is 0 Å². The van der Waals surface area contributed by atoms with E-state index in [1.807, 2.05) is 27.6 Å². The molecule has 1 aromatic carbocycles. The van der Waals surface area contributed by atoms with E-state index in [4.69, 9.17) is 9.90 Å². The van der Waals surface area contributed by atoms with Crippen molar-refractivity contribution in [2.45, 2.75) is 66.2 Å². The summed E-state index contributed by atoms with van der Waals surface area (Å²) in [5.74, 6) is -0.324. The van der Waals surface area contributed by atoms with Crippen LogP contribution >= 0.6 is 0 Å². The summed E-state index contributed by atoms with van der Waals surface area (Å²) in [5.41, 5.74) is 8.15. The predicted molar refractivity (Wildman–Crippen MR) is 140 cm³/mol. The lowest BCUT2D eigenvalue weighted by molar-refractivity contribution is -0.0980. The van der Waals surface area contributed by atoms with Crippen molar-refractivity contribution in [1.82, 2.24) is 10.3 Å². The number of ether oxygens (including phenoxy) is 1. The van der Waals surface area contributed by atoms with Gasteiger partial charge in [0, 0.05) is 31.2 Å². The zero-order valence-electron chi connectivity index (χ0n) is 22.0. The number of carbonyl (C=O) groups is 3. The molecule has 0 unspecified atom stereocenters. The molecular formula is C27H41N3O5. The highest BCUT2D eigenvalue weighted by molar-refractivity contribution is 5.92. The largest absolute Gasteiger partial charge is 0.465 e. The van der Waals surface area contributed by atoms with E-state index in [0.29, 0.717) is 5.56 Å². The molecule has 3 N–H and O–H groups in total. The number of amides is 2. The smallest absolute Gasteiger partial charge is 0.337 e. The van der Waals surface area contributed by atoms with Gasteiger partial charge in [0.1, 0.15) is 6.79 Å². The maximum atomic E-state index is 11.6. The molecule has 1 heterocycles. The van der Waals surface area contributed by atoms with Crippen molar-refractivity contribution < 1.29 is 24.2 Å². The van der Waals surface area contributed by atoms with Crippen LogP contribution in [0.15, 0.2) is 24.4 Å². The molecule has 0 radical (unpaired) electrons. The normalized spacial score (nSPS) is 11.7. The summed E-state index contributed by atoms with van der Waals surface area (Å²) in [7, 11) is 3.02. The number of esters is 1. The van der Waals surface area contributed by atoms with Gasteiger partial charge in [-0.05, 0) is 86.8 Å². The number of fused-ring (bicyclic) bond motifs is 2. The molecule has 8 nitrogen and oxygen atoms in total. The van der Waals surface area contributed by atoms with Gasteiger partial charge in [0.05, 0.1) is 12.7 Å². The molecule has 0 spiro atoms. The van der Waals surface area contributed by atoms with Crippen LogP contribution in [-0.2, 0) is 35.2 Å². The van der Waals surface area contributed by atoms with Crippen LogP contribution in [0.3, 0.4) is 0 Å². The van der Waals surface area contributed by atoms with Gasteiger partial charge in [-0.15, -0.1) is 0 Å². The maximum Gasteiger partial charge on any atom is 0.337 e. The van der Waals surface area contributed by atoms with Gasteiger partial charge in [-0.1, -0.05) is 19.9 Å². The van der Waals surface area contributed by atoms with Crippen molar-refractivity contribution in [2.75, 3.05) is 26.1 Å². The molecule has 0 saturated heterocycles. The fourth-order valence-electron chi connectivity index (χ4n) is 3.93. The summed E-state index contributed by atoms with van der Waals surface area (Å²) in [4.78, 5) is 34.4. The van der Waals surface area contributed by atoms with Crippen molar-refractivity contribution in [3.05, 3.63) is 57.9 Å². The predicted octanol–water partition coefficient (Wildman–Crippen LogP) is 4.43. The second-order valence-corrected chi connectivity index (χ2v) is 7.43. The molecule has 2 amide bonds. The molecule has 0 aliphatic heterocycles. The third-order valence-corrected chi connectivity index (χ3v) is 5.26.